The molecule has 0 spiro atoms. The number of aliphatic hydroxyl groups is 1. The minimum Gasteiger partial charge on any atom is -0.508 e. The third kappa shape index (κ3) is 13.1. The average molecular weight is 613 g/mol. The van der Waals surface area contributed by atoms with E-state index in [9.17, 15) is 34.5 Å². The first kappa shape index (κ1) is 35.5. The summed E-state index contributed by atoms with van der Waals surface area (Å²) in [7, 11) is 0. The second-order valence-corrected chi connectivity index (χ2v) is 11.0. The van der Waals surface area contributed by atoms with E-state index in [4.69, 9.17) is 11.5 Å². The van der Waals surface area contributed by atoms with Crippen LogP contribution < -0.4 is 27.4 Å². The number of aliphatic hydroxyl groups excluding tert-OH is 1. The number of nitrogens with zero attached hydrogens (tertiary/aromatic N) is 1. The number of nitrogens with one attached hydrogen (secondary N) is 3. The van der Waals surface area contributed by atoms with Gasteiger partial charge in [0.1, 0.15) is 36.0 Å². The molecule has 0 aromatic heterocycles. The van der Waals surface area contributed by atoms with Crippen molar-refractivity contribution < 1.29 is 34.5 Å². The Labute approximate surface area is 257 Å². The second-order valence-electron chi connectivity index (χ2n) is 11.0. The largest absolute Gasteiger partial charge is 0.508 e. The number of rotatable bonds is 18. The maximum atomic E-state index is 13.5. The molecule has 3 amide bonds. The summed E-state index contributed by atoms with van der Waals surface area (Å²) in [4.78, 5) is 55.2. The van der Waals surface area contributed by atoms with Crippen molar-refractivity contribution in [1.29, 1.82) is 0 Å². The number of aryl methyl sites for hydroxylation is 1. The predicted octanol–water partition coefficient (Wildman–Crippen LogP) is 0.387. The smallest absolute Gasteiger partial charge is 0.249 e. The molecule has 0 aliphatic rings. The van der Waals surface area contributed by atoms with Gasteiger partial charge in [0.2, 0.25) is 17.7 Å². The van der Waals surface area contributed by atoms with Gasteiger partial charge in [-0.25, -0.2) is 0 Å². The number of phenolic OH excluding ortho intramolecular Hbond substituents is 2. The van der Waals surface area contributed by atoms with E-state index in [0.29, 0.717) is 31.1 Å². The lowest BCUT2D eigenvalue weighted by Crippen LogP contribution is -2.56. The first-order valence-corrected chi connectivity index (χ1v) is 14.5. The number of amides is 3. The minimum absolute atomic E-state index is 0.000216. The summed E-state index contributed by atoms with van der Waals surface area (Å²) in [6.45, 7) is 4.04. The molecule has 13 heteroatoms. The van der Waals surface area contributed by atoms with Gasteiger partial charge in [-0.05, 0) is 73.4 Å². The van der Waals surface area contributed by atoms with E-state index in [-0.39, 0.29) is 49.2 Å². The predicted molar refractivity (Wildman–Crippen MR) is 165 cm³/mol. The zero-order valence-electron chi connectivity index (χ0n) is 25.1. The SMILES string of the molecule is CC(C)C[C@H](NC(=O)[C@@H](CCc1ccc(O)cc1)NC(=O)[C@@H](O)Cc1ccc(O)cc1)C(=O)N[C@H](C=O)CCCN=C(N)N. The highest BCUT2D eigenvalue weighted by atomic mass is 16.3. The highest BCUT2D eigenvalue weighted by molar-refractivity contribution is 5.93. The molecular formula is C31H44N6O7. The molecule has 0 radical (unpaired) electrons. The van der Waals surface area contributed by atoms with Crippen molar-refractivity contribution in [1.82, 2.24) is 16.0 Å². The molecule has 0 saturated heterocycles. The van der Waals surface area contributed by atoms with Crippen molar-refractivity contribution in [2.75, 3.05) is 6.54 Å². The topological polar surface area (TPSA) is 229 Å². The first-order valence-electron chi connectivity index (χ1n) is 14.5. The Kier molecular flexibility index (Phi) is 14.6. The van der Waals surface area contributed by atoms with Crippen molar-refractivity contribution in [2.24, 2.45) is 22.4 Å². The maximum absolute atomic E-state index is 13.5. The van der Waals surface area contributed by atoms with Crippen LogP contribution in [-0.2, 0) is 32.0 Å². The Morgan fingerprint density at radius 3 is 1.91 bits per heavy atom. The van der Waals surface area contributed by atoms with E-state index < -0.39 is 42.0 Å². The summed E-state index contributed by atoms with van der Waals surface area (Å²) < 4.78 is 0. The van der Waals surface area contributed by atoms with Crippen LogP contribution in [0, 0.1) is 5.92 Å². The molecule has 4 atom stereocenters. The van der Waals surface area contributed by atoms with Gasteiger partial charge in [-0.3, -0.25) is 19.4 Å². The summed E-state index contributed by atoms with van der Waals surface area (Å²) in [6.07, 6.45) is 0.553. The van der Waals surface area contributed by atoms with Gasteiger partial charge in [0, 0.05) is 13.0 Å². The maximum Gasteiger partial charge on any atom is 0.249 e. The van der Waals surface area contributed by atoms with E-state index in [1.807, 2.05) is 13.8 Å². The third-order valence-corrected chi connectivity index (χ3v) is 6.76. The molecule has 10 N–H and O–H groups in total. The molecule has 0 saturated carbocycles. The second kappa shape index (κ2) is 18.1. The standard InChI is InChI=1S/C31H44N6O7/c1-19(2)16-26(29(43)35-22(18-38)4-3-15-34-31(32)33)37-28(42)25(14-9-20-5-10-23(39)11-6-20)36-30(44)27(41)17-21-7-12-24(40)13-8-21/h5-8,10-13,18-19,22,25-27,39-41H,3-4,9,14-17H2,1-2H3,(H,35,43)(H,36,44)(H,37,42)(H4,32,33,34)/t22-,25+,26-,27-/m0/s1. The van der Waals surface area contributed by atoms with Crippen LogP contribution in [0.2, 0.25) is 0 Å². The number of guanidine groups is 1. The van der Waals surface area contributed by atoms with Gasteiger partial charge in [0.15, 0.2) is 5.96 Å². The summed E-state index contributed by atoms with van der Waals surface area (Å²) in [5.74, 6) is -1.91. The van der Waals surface area contributed by atoms with Crippen LogP contribution in [0.5, 0.6) is 11.5 Å². The molecule has 2 rings (SSSR count). The number of carbonyl (C=O) groups is 4. The van der Waals surface area contributed by atoms with E-state index in [1.54, 1.807) is 24.3 Å². The Morgan fingerprint density at radius 2 is 1.36 bits per heavy atom. The van der Waals surface area contributed by atoms with Gasteiger partial charge in [-0.1, -0.05) is 38.1 Å². The fourth-order valence-electron chi connectivity index (χ4n) is 4.41. The van der Waals surface area contributed by atoms with E-state index in [0.717, 1.165) is 5.56 Å². The van der Waals surface area contributed by atoms with E-state index in [1.165, 1.54) is 24.3 Å². The molecule has 0 unspecified atom stereocenters. The van der Waals surface area contributed by atoms with Crippen LogP contribution in [0.3, 0.4) is 0 Å². The lowest BCUT2D eigenvalue weighted by atomic mass is 10.00. The summed E-state index contributed by atoms with van der Waals surface area (Å²) >= 11 is 0. The molecule has 13 nitrogen and oxygen atoms in total. The van der Waals surface area contributed by atoms with E-state index >= 15 is 0 Å². The molecule has 0 heterocycles. The highest BCUT2D eigenvalue weighted by Gasteiger charge is 2.30. The van der Waals surface area contributed by atoms with Gasteiger partial charge in [-0.15, -0.1) is 0 Å². The van der Waals surface area contributed by atoms with Crippen LogP contribution in [-0.4, -0.2) is 76.1 Å². The van der Waals surface area contributed by atoms with Gasteiger partial charge in [0.05, 0.1) is 6.04 Å². The number of aromatic hydroxyl groups is 2. The molecule has 44 heavy (non-hydrogen) atoms. The average Bonchev–Trinajstić information content (AvgIpc) is 2.97. The summed E-state index contributed by atoms with van der Waals surface area (Å²) in [5.41, 5.74) is 12.0. The molecule has 0 fully saturated rings. The first-order chi connectivity index (χ1) is 20.9. The number of hydrogen-bond donors (Lipinski definition) is 8. The molecule has 2 aromatic rings. The molecule has 240 valence electrons. The summed E-state index contributed by atoms with van der Waals surface area (Å²) in [6, 6.07) is 9.48. The molecule has 0 bridgehead atoms. The number of nitrogens with two attached hydrogens (primary N) is 2. The van der Waals surface area contributed by atoms with Crippen LogP contribution in [0.15, 0.2) is 53.5 Å². The fraction of sp³-hybridized carbons (Fsp3) is 0.452. The molecular weight excluding hydrogens is 568 g/mol. The number of carbonyl (C=O) groups excluding carboxylic acids is 4. The lowest BCUT2D eigenvalue weighted by Gasteiger charge is -2.26. The third-order valence-electron chi connectivity index (χ3n) is 6.76. The van der Waals surface area contributed by atoms with Gasteiger partial charge >= 0.3 is 0 Å². The lowest BCUT2D eigenvalue weighted by molar-refractivity contribution is -0.135. The van der Waals surface area contributed by atoms with Crippen molar-refractivity contribution in [3.05, 3.63) is 59.7 Å². The highest BCUT2D eigenvalue weighted by Crippen LogP contribution is 2.14. The molecule has 0 aliphatic carbocycles. The van der Waals surface area contributed by atoms with Crippen LogP contribution >= 0.6 is 0 Å². The normalized spacial score (nSPS) is 13.6. The Bertz CT molecular complexity index is 1250. The van der Waals surface area contributed by atoms with Gasteiger partial charge in [-0.2, -0.15) is 0 Å². The van der Waals surface area contributed by atoms with Crippen LogP contribution in [0.1, 0.15) is 50.7 Å². The fourth-order valence-corrected chi connectivity index (χ4v) is 4.41. The number of benzene rings is 2. The number of aliphatic imine (C=N–C) groups is 1. The van der Waals surface area contributed by atoms with Gasteiger partial charge in [0.25, 0.3) is 0 Å². The van der Waals surface area contributed by atoms with Crippen molar-refractivity contribution in [3.63, 3.8) is 0 Å². The zero-order chi connectivity index (χ0) is 32.6. The Morgan fingerprint density at radius 1 is 0.818 bits per heavy atom. The monoisotopic (exact) mass is 612 g/mol. The van der Waals surface area contributed by atoms with Crippen LogP contribution in [0.4, 0.5) is 0 Å². The number of hydrogen-bond acceptors (Lipinski definition) is 8. The van der Waals surface area contributed by atoms with E-state index in [2.05, 4.69) is 20.9 Å². The number of aldehydes is 1. The number of phenols is 2. The molecule has 2 aromatic carbocycles. The van der Waals surface area contributed by atoms with Crippen molar-refractivity contribution in [3.8, 4) is 11.5 Å². The van der Waals surface area contributed by atoms with Crippen LogP contribution in [0.25, 0.3) is 0 Å². The Balaban J connectivity index is 2.16. The summed E-state index contributed by atoms with van der Waals surface area (Å²) in [5, 5.41) is 37.6. The zero-order valence-corrected chi connectivity index (χ0v) is 25.1. The van der Waals surface area contributed by atoms with Crippen molar-refractivity contribution >= 4 is 30.0 Å². The van der Waals surface area contributed by atoms with Gasteiger partial charge < -0.3 is 47.5 Å². The minimum atomic E-state index is -1.48. The van der Waals surface area contributed by atoms with Crippen molar-refractivity contribution in [2.45, 2.75) is 76.6 Å². The molecule has 0 aliphatic heterocycles. The quantitative estimate of drug-likeness (QED) is 0.0503. The Hall–Kier alpha value is -4.65.